The van der Waals surface area contributed by atoms with Gasteiger partial charge in [-0.05, 0) is 47.9 Å². The highest BCUT2D eigenvalue weighted by atomic mass is 16.5. The van der Waals surface area contributed by atoms with Crippen LogP contribution in [0.3, 0.4) is 0 Å². The molecule has 1 heterocycles. The fourth-order valence-corrected chi connectivity index (χ4v) is 3.25. The Balaban J connectivity index is 1.62. The van der Waals surface area contributed by atoms with E-state index in [1.165, 1.54) is 14.2 Å². The van der Waals surface area contributed by atoms with E-state index in [2.05, 4.69) is 5.32 Å². The molecule has 29 heavy (non-hydrogen) atoms. The fraction of sp³-hybridized carbons (Fsp3) is 0.286. The minimum atomic E-state index is -1.00. The van der Waals surface area contributed by atoms with E-state index in [-0.39, 0.29) is 18.0 Å². The summed E-state index contributed by atoms with van der Waals surface area (Å²) >= 11 is 0. The van der Waals surface area contributed by atoms with Gasteiger partial charge >= 0.3 is 5.97 Å². The minimum absolute atomic E-state index is 0.152. The Morgan fingerprint density at radius 1 is 1.00 bits per heavy atom. The quantitative estimate of drug-likeness (QED) is 0.768. The number of hydrogen-bond donors (Lipinski definition) is 2. The standard InChI is InChI=1S/C21H22N2O6/c1-28-17-6-5-14(10-18(17)29-2)20(25)22-11-19(24)23-8-7-13-3-4-15(21(26)27)9-16(13)12-23/h3-6,9-10H,7-8,11-12H2,1-2H3,(H,22,25)(H,26,27). The van der Waals surface area contributed by atoms with Crippen molar-refractivity contribution < 1.29 is 29.0 Å². The normalized spacial score (nSPS) is 12.7. The molecule has 152 valence electrons. The zero-order chi connectivity index (χ0) is 21.0. The molecule has 2 N–H and O–H groups in total. The average molecular weight is 398 g/mol. The molecule has 1 aliphatic rings. The number of rotatable bonds is 6. The number of nitrogens with zero attached hydrogens (tertiary/aromatic N) is 1. The van der Waals surface area contributed by atoms with Crippen LogP contribution >= 0.6 is 0 Å². The van der Waals surface area contributed by atoms with E-state index in [1.54, 1.807) is 41.3 Å². The Morgan fingerprint density at radius 2 is 1.72 bits per heavy atom. The zero-order valence-corrected chi connectivity index (χ0v) is 16.2. The number of carbonyl (C=O) groups excluding carboxylic acids is 2. The van der Waals surface area contributed by atoms with Gasteiger partial charge in [0.15, 0.2) is 11.5 Å². The Kier molecular flexibility index (Phi) is 6.01. The van der Waals surface area contributed by atoms with Crippen LogP contribution in [0.1, 0.15) is 31.8 Å². The molecule has 8 nitrogen and oxygen atoms in total. The molecule has 0 fully saturated rings. The van der Waals surface area contributed by atoms with Gasteiger partial charge in [0.1, 0.15) is 0 Å². The molecule has 8 heteroatoms. The third-order valence-corrected chi connectivity index (χ3v) is 4.86. The van der Waals surface area contributed by atoms with Crippen LogP contribution in [0.5, 0.6) is 11.5 Å². The molecule has 1 aliphatic heterocycles. The van der Waals surface area contributed by atoms with E-state index in [4.69, 9.17) is 14.6 Å². The van der Waals surface area contributed by atoms with Crippen molar-refractivity contribution in [1.82, 2.24) is 10.2 Å². The van der Waals surface area contributed by atoms with Crippen molar-refractivity contribution >= 4 is 17.8 Å². The largest absolute Gasteiger partial charge is 0.493 e. The molecule has 0 unspecified atom stereocenters. The number of carboxylic acid groups (broad SMARTS) is 1. The molecule has 0 spiro atoms. The van der Waals surface area contributed by atoms with E-state index in [1.807, 2.05) is 0 Å². The highest BCUT2D eigenvalue weighted by Crippen LogP contribution is 2.27. The minimum Gasteiger partial charge on any atom is -0.493 e. The number of carbonyl (C=O) groups is 3. The number of benzene rings is 2. The van der Waals surface area contributed by atoms with Crippen molar-refractivity contribution in [3.63, 3.8) is 0 Å². The predicted molar refractivity (Wildman–Crippen MR) is 104 cm³/mol. The maximum Gasteiger partial charge on any atom is 0.335 e. The summed E-state index contributed by atoms with van der Waals surface area (Å²) < 4.78 is 10.3. The van der Waals surface area contributed by atoms with Crippen LogP contribution in [0, 0.1) is 0 Å². The molecule has 2 aromatic rings. The van der Waals surface area contributed by atoms with Crippen LogP contribution in [0.25, 0.3) is 0 Å². The van der Waals surface area contributed by atoms with Gasteiger partial charge in [0.2, 0.25) is 5.91 Å². The van der Waals surface area contributed by atoms with Crippen LogP contribution in [0.4, 0.5) is 0 Å². The van der Waals surface area contributed by atoms with Crippen molar-refractivity contribution in [2.75, 3.05) is 27.3 Å². The number of methoxy groups -OCH3 is 2. The first-order valence-electron chi connectivity index (χ1n) is 9.06. The second kappa shape index (κ2) is 8.64. The molecule has 0 aliphatic carbocycles. The molecule has 0 aromatic heterocycles. The summed E-state index contributed by atoms with van der Waals surface area (Å²) in [6.07, 6.45) is 0.643. The lowest BCUT2D eigenvalue weighted by molar-refractivity contribution is -0.131. The van der Waals surface area contributed by atoms with E-state index in [0.717, 1.165) is 11.1 Å². The maximum absolute atomic E-state index is 12.5. The summed E-state index contributed by atoms with van der Waals surface area (Å²) in [4.78, 5) is 37.7. The summed E-state index contributed by atoms with van der Waals surface area (Å²) in [5, 5.41) is 11.8. The van der Waals surface area contributed by atoms with Crippen LogP contribution < -0.4 is 14.8 Å². The predicted octanol–water partition coefficient (Wildman–Crippen LogP) is 1.72. The maximum atomic E-state index is 12.5. The first-order valence-corrected chi connectivity index (χ1v) is 9.06. The van der Waals surface area contributed by atoms with Crippen molar-refractivity contribution in [2.24, 2.45) is 0 Å². The third-order valence-electron chi connectivity index (χ3n) is 4.86. The van der Waals surface area contributed by atoms with Gasteiger partial charge in [0.05, 0.1) is 26.3 Å². The summed E-state index contributed by atoms with van der Waals surface area (Å²) in [6, 6.07) is 9.72. The van der Waals surface area contributed by atoms with Crippen molar-refractivity contribution in [2.45, 2.75) is 13.0 Å². The number of fused-ring (bicyclic) bond motifs is 1. The topological polar surface area (TPSA) is 105 Å². The molecule has 0 radical (unpaired) electrons. The molecule has 2 aromatic carbocycles. The lowest BCUT2D eigenvalue weighted by Gasteiger charge is -2.29. The molecule has 0 bridgehead atoms. The Hall–Kier alpha value is -3.55. The van der Waals surface area contributed by atoms with E-state index in [0.29, 0.717) is 36.6 Å². The van der Waals surface area contributed by atoms with Crippen LogP contribution in [-0.2, 0) is 17.8 Å². The van der Waals surface area contributed by atoms with Gasteiger partial charge in [-0.2, -0.15) is 0 Å². The van der Waals surface area contributed by atoms with E-state index in [9.17, 15) is 14.4 Å². The summed E-state index contributed by atoms with van der Waals surface area (Å²) in [5.74, 6) is -0.699. The number of hydrogen-bond acceptors (Lipinski definition) is 5. The summed E-state index contributed by atoms with van der Waals surface area (Å²) in [6.45, 7) is 0.688. The van der Waals surface area contributed by atoms with E-state index >= 15 is 0 Å². The fourth-order valence-electron chi connectivity index (χ4n) is 3.25. The van der Waals surface area contributed by atoms with Gasteiger partial charge in [-0.3, -0.25) is 9.59 Å². The monoisotopic (exact) mass is 398 g/mol. The van der Waals surface area contributed by atoms with Crippen molar-refractivity contribution in [3.8, 4) is 11.5 Å². The number of ether oxygens (including phenoxy) is 2. The average Bonchev–Trinajstić information content (AvgIpc) is 2.75. The van der Waals surface area contributed by atoms with Crippen molar-refractivity contribution in [1.29, 1.82) is 0 Å². The highest BCUT2D eigenvalue weighted by Gasteiger charge is 2.22. The highest BCUT2D eigenvalue weighted by molar-refractivity contribution is 5.97. The third kappa shape index (κ3) is 4.48. The number of amides is 2. The molecular weight excluding hydrogens is 376 g/mol. The second-order valence-corrected chi connectivity index (χ2v) is 6.61. The molecule has 0 saturated carbocycles. The Labute approximate surface area is 168 Å². The molecular formula is C21H22N2O6. The summed E-state index contributed by atoms with van der Waals surface area (Å²) in [7, 11) is 2.99. The van der Waals surface area contributed by atoms with Crippen molar-refractivity contribution in [3.05, 3.63) is 58.7 Å². The lowest BCUT2D eigenvalue weighted by atomic mass is 9.97. The van der Waals surface area contributed by atoms with Crippen LogP contribution in [0.2, 0.25) is 0 Å². The second-order valence-electron chi connectivity index (χ2n) is 6.61. The van der Waals surface area contributed by atoms with Gasteiger partial charge in [-0.1, -0.05) is 6.07 Å². The van der Waals surface area contributed by atoms with Gasteiger partial charge in [0, 0.05) is 18.7 Å². The van der Waals surface area contributed by atoms with Crippen LogP contribution in [0.15, 0.2) is 36.4 Å². The zero-order valence-electron chi connectivity index (χ0n) is 16.2. The van der Waals surface area contributed by atoms with Gasteiger partial charge in [-0.25, -0.2) is 4.79 Å². The van der Waals surface area contributed by atoms with E-state index < -0.39 is 11.9 Å². The number of carboxylic acids is 1. The first kappa shape index (κ1) is 20.2. The van der Waals surface area contributed by atoms with Crippen LogP contribution in [-0.4, -0.2) is 55.1 Å². The molecule has 3 rings (SSSR count). The Morgan fingerprint density at radius 3 is 2.41 bits per heavy atom. The lowest BCUT2D eigenvalue weighted by Crippen LogP contribution is -2.42. The smallest absolute Gasteiger partial charge is 0.335 e. The molecule has 0 atom stereocenters. The summed E-state index contributed by atoms with van der Waals surface area (Å²) in [5.41, 5.74) is 2.40. The Bertz CT molecular complexity index is 956. The number of aromatic carboxylic acids is 1. The molecule has 2 amide bonds. The van der Waals surface area contributed by atoms with Gasteiger partial charge < -0.3 is 24.8 Å². The van der Waals surface area contributed by atoms with Gasteiger partial charge in [0.25, 0.3) is 5.91 Å². The molecule has 0 saturated heterocycles. The number of nitrogens with one attached hydrogen (secondary N) is 1. The SMILES string of the molecule is COc1ccc(C(=O)NCC(=O)N2CCc3ccc(C(=O)O)cc3C2)cc1OC. The first-order chi connectivity index (χ1) is 13.9. The van der Waals surface area contributed by atoms with Gasteiger partial charge in [-0.15, -0.1) is 0 Å².